The van der Waals surface area contributed by atoms with Crippen molar-refractivity contribution in [2.24, 2.45) is 7.05 Å². The molecule has 0 saturated carbocycles. The lowest BCUT2D eigenvalue weighted by molar-refractivity contribution is 0.0661. The van der Waals surface area contributed by atoms with Gasteiger partial charge in [0, 0.05) is 26.5 Å². The van der Waals surface area contributed by atoms with Gasteiger partial charge in [0.05, 0.1) is 11.7 Å². The second-order valence-corrected chi connectivity index (χ2v) is 4.45. The molecule has 0 spiro atoms. The monoisotopic (exact) mass is 248 g/mol. The summed E-state index contributed by atoms with van der Waals surface area (Å²) in [4.78, 5) is 0. The quantitative estimate of drug-likeness (QED) is 0.842. The fourth-order valence-corrected chi connectivity index (χ4v) is 2.35. The van der Waals surface area contributed by atoms with Gasteiger partial charge in [0.15, 0.2) is 5.82 Å². The summed E-state index contributed by atoms with van der Waals surface area (Å²) < 4.78 is 9.07. The number of anilines is 1. The van der Waals surface area contributed by atoms with Crippen molar-refractivity contribution in [2.45, 2.75) is 18.9 Å². The van der Waals surface area contributed by atoms with Crippen LogP contribution in [-0.4, -0.2) is 38.0 Å². The maximum absolute atomic E-state index is 5.94. The van der Waals surface area contributed by atoms with E-state index in [1.807, 2.05) is 17.8 Å². The predicted molar refractivity (Wildman–Crippen MR) is 65.7 cm³/mol. The number of aryl methyl sites for hydroxylation is 1. The van der Waals surface area contributed by atoms with Crippen LogP contribution in [0.4, 0.5) is 5.82 Å². The lowest BCUT2D eigenvalue weighted by Crippen LogP contribution is -2.21. The average Bonchev–Trinajstić information content (AvgIpc) is 2.96. The zero-order chi connectivity index (χ0) is 12.5. The molecule has 2 aromatic heterocycles. The SMILES string of the molecule is Cn1nccc1-c1c(N)nnn1C1CCOCC1. The first-order chi connectivity index (χ1) is 8.77. The molecule has 7 nitrogen and oxygen atoms in total. The van der Waals surface area contributed by atoms with Crippen LogP contribution in [0.5, 0.6) is 0 Å². The fourth-order valence-electron chi connectivity index (χ4n) is 2.35. The van der Waals surface area contributed by atoms with E-state index in [2.05, 4.69) is 15.4 Å². The average molecular weight is 248 g/mol. The largest absolute Gasteiger partial charge is 0.381 e. The smallest absolute Gasteiger partial charge is 0.175 e. The van der Waals surface area contributed by atoms with Gasteiger partial charge in [0.25, 0.3) is 0 Å². The molecule has 0 aromatic carbocycles. The summed E-state index contributed by atoms with van der Waals surface area (Å²) in [6, 6.07) is 2.22. The van der Waals surface area contributed by atoms with Crippen molar-refractivity contribution in [2.75, 3.05) is 18.9 Å². The third-order valence-electron chi connectivity index (χ3n) is 3.32. The Bertz CT molecular complexity index is 539. The highest BCUT2D eigenvalue weighted by molar-refractivity contribution is 5.66. The van der Waals surface area contributed by atoms with Crippen LogP contribution in [-0.2, 0) is 11.8 Å². The number of hydrogen-bond acceptors (Lipinski definition) is 5. The molecule has 2 aromatic rings. The molecular formula is C11H16N6O. The second-order valence-electron chi connectivity index (χ2n) is 4.45. The van der Waals surface area contributed by atoms with E-state index in [1.54, 1.807) is 10.9 Å². The van der Waals surface area contributed by atoms with E-state index in [4.69, 9.17) is 10.5 Å². The van der Waals surface area contributed by atoms with Gasteiger partial charge in [-0.2, -0.15) is 5.10 Å². The number of hydrogen-bond donors (Lipinski definition) is 1. The van der Waals surface area contributed by atoms with Gasteiger partial charge < -0.3 is 10.5 Å². The van der Waals surface area contributed by atoms with E-state index < -0.39 is 0 Å². The van der Waals surface area contributed by atoms with E-state index in [0.717, 1.165) is 37.4 Å². The Morgan fingerprint density at radius 3 is 2.83 bits per heavy atom. The zero-order valence-corrected chi connectivity index (χ0v) is 10.3. The van der Waals surface area contributed by atoms with Crippen LogP contribution in [0.15, 0.2) is 12.3 Å². The maximum atomic E-state index is 5.94. The molecule has 0 unspecified atom stereocenters. The summed E-state index contributed by atoms with van der Waals surface area (Å²) in [6.07, 6.45) is 3.62. The summed E-state index contributed by atoms with van der Waals surface area (Å²) >= 11 is 0. The molecule has 0 radical (unpaired) electrons. The van der Waals surface area contributed by atoms with Crippen LogP contribution < -0.4 is 5.73 Å². The van der Waals surface area contributed by atoms with Crippen LogP contribution in [0, 0.1) is 0 Å². The van der Waals surface area contributed by atoms with E-state index in [0.29, 0.717) is 11.9 Å². The van der Waals surface area contributed by atoms with Gasteiger partial charge in [-0.1, -0.05) is 5.21 Å². The highest BCUT2D eigenvalue weighted by Gasteiger charge is 2.23. The van der Waals surface area contributed by atoms with Gasteiger partial charge in [0.2, 0.25) is 0 Å². The van der Waals surface area contributed by atoms with Crippen molar-refractivity contribution in [3.63, 3.8) is 0 Å². The first-order valence-corrected chi connectivity index (χ1v) is 6.04. The van der Waals surface area contributed by atoms with Crippen LogP contribution in [0.25, 0.3) is 11.4 Å². The Balaban J connectivity index is 2.03. The topological polar surface area (TPSA) is 83.8 Å². The number of aromatic nitrogens is 5. The van der Waals surface area contributed by atoms with Crippen molar-refractivity contribution in [3.05, 3.63) is 12.3 Å². The molecule has 0 aliphatic carbocycles. The minimum absolute atomic E-state index is 0.299. The first kappa shape index (κ1) is 11.2. The van der Waals surface area contributed by atoms with E-state index in [1.165, 1.54) is 0 Å². The minimum Gasteiger partial charge on any atom is -0.381 e. The summed E-state index contributed by atoms with van der Waals surface area (Å²) in [7, 11) is 1.89. The zero-order valence-electron chi connectivity index (χ0n) is 10.3. The third kappa shape index (κ3) is 1.76. The number of nitrogens with two attached hydrogens (primary N) is 1. The van der Waals surface area contributed by atoms with Crippen LogP contribution >= 0.6 is 0 Å². The van der Waals surface area contributed by atoms with Crippen molar-refractivity contribution < 1.29 is 4.74 Å². The number of rotatable bonds is 2. The summed E-state index contributed by atoms with van der Waals surface area (Å²) in [5.74, 6) is 0.449. The van der Waals surface area contributed by atoms with E-state index in [-0.39, 0.29) is 0 Å². The lowest BCUT2D eigenvalue weighted by atomic mass is 10.1. The summed E-state index contributed by atoms with van der Waals surface area (Å²) in [6.45, 7) is 1.52. The lowest BCUT2D eigenvalue weighted by Gasteiger charge is -2.23. The number of nitrogen functional groups attached to an aromatic ring is 1. The highest BCUT2D eigenvalue weighted by Crippen LogP contribution is 2.29. The van der Waals surface area contributed by atoms with E-state index in [9.17, 15) is 0 Å². The van der Waals surface area contributed by atoms with E-state index >= 15 is 0 Å². The predicted octanol–water partition coefficient (Wildman–Crippen LogP) is 0.612. The van der Waals surface area contributed by atoms with Crippen LogP contribution in [0.1, 0.15) is 18.9 Å². The minimum atomic E-state index is 0.299. The van der Waals surface area contributed by atoms with Gasteiger partial charge in [-0.15, -0.1) is 5.10 Å². The maximum Gasteiger partial charge on any atom is 0.175 e. The normalized spacial score (nSPS) is 17.2. The molecule has 1 aliphatic heterocycles. The molecule has 1 saturated heterocycles. The molecule has 1 aliphatic rings. The Labute approximate surface area is 105 Å². The van der Waals surface area contributed by atoms with Crippen molar-refractivity contribution >= 4 is 5.82 Å². The molecule has 0 bridgehead atoms. The molecule has 18 heavy (non-hydrogen) atoms. The van der Waals surface area contributed by atoms with Gasteiger partial charge in [-0.3, -0.25) is 4.68 Å². The van der Waals surface area contributed by atoms with Gasteiger partial charge in [0.1, 0.15) is 5.69 Å². The van der Waals surface area contributed by atoms with Crippen molar-refractivity contribution in [3.8, 4) is 11.4 Å². The summed E-state index contributed by atoms with van der Waals surface area (Å²) in [5, 5.41) is 12.3. The Hall–Kier alpha value is -1.89. The molecule has 0 atom stereocenters. The van der Waals surface area contributed by atoms with Crippen molar-refractivity contribution in [1.82, 2.24) is 24.8 Å². The number of ether oxygens (including phenoxy) is 1. The molecular weight excluding hydrogens is 232 g/mol. The van der Waals surface area contributed by atoms with Gasteiger partial charge in [-0.25, -0.2) is 4.68 Å². The Kier molecular flexibility index (Phi) is 2.75. The number of nitrogens with zero attached hydrogens (tertiary/aromatic N) is 5. The van der Waals surface area contributed by atoms with Crippen molar-refractivity contribution in [1.29, 1.82) is 0 Å². The molecule has 2 N–H and O–H groups in total. The second kappa shape index (κ2) is 4.41. The highest BCUT2D eigenvalue weighted by atomic mass is 16.5. The van der Waals surface area contributed by atoms with Crippen LogP contribution in [0.3, 0.4) is 0 Å². The summed E-state index contributed by atoms with van der Waals surface area (Å²) in [5.41, 5.74) is 7.72. The third-order valence-corrected chi connectivity index (χ3v) is 3.32. The first-order valence-electron chi connectivity index (χ1n) is 6.04. The van der Waals surface area contributed by atoms with Gasteiger partial charge in [-0.05, 0) is 18.9 Å². The Morgan fingerprint density at radius 2 is 2.17 bits per heavy atom. The Morgan fingerprint density at radius 1 is 1.39 bits per heavy atom. The molecule has 3 rings (SSSR count). The molecule has 1 fully saturated rings. The molecule has 3 heterocycles. The molecule has 0 amide bonds. The fraction of sp³-hybridized carbons (Fsp3) is 0.545. The van der Waals surface area contributed by atoms with Gasteiger partial charge >= 0.3 is 0 Å². The van der Waals surface area contributed by atoms with Crippen LogP contribution in [0.2, 0.25) is 0 Å². The standard InChI is InChI=1S/C11H16N6O/c1-16-9(2-5-13-16)10-11(12)14-15-17(10)8-3-6-18-7-4-8/h2,5,8H,3-4,6-7,12H2,1H3. The molecule has 7 heteroatoms. The molecule has 96 valence electrons.